The van der Waals surface area contributed by atoms with Gasteiger partial charge >= 0.3 is 0 Å². The lowest BCUT2D eigenvalue weighted by Crippen LogP contribution is -2.13. The molecule has 0 spiro atoms. The average molecular weight is 295 g/mol. The second kappa shape index (κ2) is 7.22. The summed E-state index contributed by atoms with van der Waals surface area (Å²) in [5.74, 6) is 0.306. The molecule has 0 bridgehead atoms. The van der Waals surface area contributed by atoms with Crippen LogP contribution >= 0.6 is 0 Å². The first kappa shape index (κ1) is 15.5. The molecular formula is C16H19F2NO2. The maximum Gasteiger partial charge on any atom is 0.146 e. The highest BCUT2D eigenvalue weighted by Gasteiger charge is 2.09. The van der Waals surface area contributed by atoms with E-state index in [2.05, 4.69) is 12.2 Å². The number of ether oxygens (including phenoxy) is 1. The molecule has 0 aliphatic heterocycles. The summed E-state index contributed by atoms with van der Waals surface area (Å²) in [5.41, 5.74) is 1.03. The maximum atomic E-state index is 13.0. The molecule has 0 amide bonds. The van der Waals surface area contributed by atoms with Crippen molar-refractivity contribution < 1.29 is 17.9 Å². The molecule has 1 aromatic carbocycles. The van der Waals surface area contributed by atoms with E-state index in [1.165, 1.54) is 0 Å². The van der Waals surface area contributed by atoms with Crippen molar-refractivity contribution >= 4 is 0 Å². The summed E-state index contributed by atoms with van der Waals surface area (Å²) < 4.78 is 37.1. The highest BCUT2D eigenvalue weighted by atomic mass is 19.1. The molecule has 1 heterocycles. The van der Waals surface area contributed by atoms with Crippen LogP contribution in [0.1, 0.15) is 30.4 Å². The van der Waals surface area contributed by atoms with Crippen LogP contribution in [0.2, 0.25) is 0 Å². The first-order chi connectivity index (χ1) is 10.1. The highest BCUT2D eigenvalue weighted by molar-refractivity contribution is 5.25. The van der Waals surface area contributed by atoms with E-state index in [1.807, 2.05) is 13.0 Å². The summed E-state index contributed by atoms with van der Waals surface area (Å²) in [6.45, 7) is 5.78. The summed E-state index contributed by atoms with van der Waals surface area (Å²) >= 11 is 0. The van der Waals surface area contributed by atoms with E-state index in [4.69, 9.17) is 9.15 Å². The van der Waals surface area contributed by atoms with Gasteiger partial charge in [0.25, 0.3) is 0 Å². The van der Waals surface area contributed by atoms with Gasteiger partial charge in [-0.05, 0) is 31.5 Å². The van der Waals surface area contributed by atoms with Gasteiger partial charge in [-0.25, -0.2) is 8.78 Å². The van der Waals surface area contributed by atoms with Gasteiger partial charge in [0, 0.05) is 18.2 Å². The zero-order valence-electron chi connectivity index (χ0n) is 12.2. The third kappa shape index (κ3) is 4.56. The van der Waals surface area contributed by atoms with Crippen LogP contribution in [0, 0.1) is 18.6 Å². The van der Waals surface area contributed by atoms with Crippen LogP contribution in [0.25, 0.3) is 0 Å². The van der Waals surface area contributed by atoms with Gasteiger partial charge in [0.1, 0.15) is 35.5 Å². The van der Waals surface area contributed by atoms with Crippen molar-refractivity contribution in [3.63, 3.8) is 0 Å². The number of furan rings is 1. The van der Waals surface area contributed by atoms with E-state index in [9.17, 15) is 8.78 Å². The second-order valence-corrected chi connectivity index (χ2v) is 4.89. The first-order valence-electron chi connectivity index (χ1n) is 6.96. The monoisotopic (exact) mass is 295 g/mol. The molecule has 1 N–H and O–H groups in total. The van der Waals surface area contributed by atoms with Crippen LogP contribution in [-0.4, -0.2) is 6.54 Å². The Balaban J connectivity index is 1.95. The molecule has 2 rings (SSSR count). The van der Waals surface area contributed by atoms with Gasteiger partial charge in [0.15, 0.2) is 0 Å². The molecule has 0 fully saturated rings. The van der Waals surface area contributed by atoms with E-state index in [0.717, 1.165) is 42.5 Å². The molecule has 21 heavy (non-hydrogen) atoms. The summed E-state index contributed by atoms with van der Waals surface area (Å²) in [4.78, 5) is 0. The van der Waals surface area contributed by atoms with E-state index in [-0.39, 0.29) is 12.4 Å². The number of aryl methyl sites for hydroxylation is 1. The van der Waals surface area contributed by atoms with Crippen LogP contribution in [0.4, 0.5) is 8.78 Å². The molecule has 3 nitrogen and oxygen atoms in total. The van der Waals surface area contributed by atoms with Crippen molar-refractivity contribution in [2.75, 3.05) is 6.54 Å². The molecule has 0 saturated heterocycles. The fourth-order valence-corrected chi connectivity index (χ4v) is 1.98. The minimum atomic E-state index is -0.662. The lowest BCUT2D eigenvalue weighted by atomic mass is 10.2. The number of rotatable bonds is 7. The molecular weight excluding hydrogens is 276 g/mol. The molecule has 0 radical (unpaired) electrons. The van der Waals surface area contributed by atoms with E-state index in [1.54, 1.807) is 0 Å². The maximum absolute atomic E-state index is 13.0. The minimum Gasteiger partial charge on any atom is -0.485 e. The molecule has 0 aliphatic carbocycles. The SMILES string of the molecule is CCCNCc1oc(COc2cc(F)cc(F)c2)cc1C. The Kier molecular flexibility index (Phi) is 5.33. The number of halogens is 2. The number of hydrogen-bond donors (Lipinski definition) is 1. The van der Waals surface area contributed by atoms with Crippen molar-refractivity contribution in [1.29, 1.82) is 0 Å². The summed E-state index contributed by atoms with van der Waals surface area (Å²) in [5, 5.41) is 3.26. The zero-order chi connectivity index (χ0) is 15.2. The van der Waals surface area contributed by atoms with Crippen molar-refractivity contribution in [1.82, 2.24) is 5.32 Å². The Morgan fingerprint density at radius 2 is 1.86 bits per heavy atom. The van der Waals surface area contributed by atoms with Crippen LogP contribution in [0.15, 0.2) is 28.7 Å². The third-order valence-electron chi connectivity index (χ3n) is 3.00. The largest absolute Gasteiger partial charge is 0.485 e. The van der Waals surface area contributed by atoms with Gasteiger partial charge in [0.2, 0.25) is 0 Å². The Bertz CT molecular complexity index is 576. The minimum absolute atomic E-state index is 0.136. The fourth-order valence-electron chi connectivity index (χ4n) is 1.98. The Hall–Kier alpha value is -1.88. The van der Waals surface area contributed by atoms with Gasteiger partial charge in [-0.15, -0.1) is 0 Å². The van der Waals surface area contributed by atoms with E-state index in [0.29, 0.717) is 12.3 Å². The van der Waals surface area contributed by atoms with Gasteiger partial charge < -0.3 is 14.5 Å². The normalized spacial score (nSPS) is 10.9. The summed E-state index contributed by atoms with van der Waals surface area (Å²) in [7, 11) is 0. The fraction of sp³-hybridized carbons (Fsp3) is 0.375. The van der Waals surface area contributed by atoms with E-state index < -0.39 is 11.6 Å². The van der Waals surface area contributed by atoms with Crippen LogP contribution in [0.3, 0.4) is 0 Å². The summed E-state index contributed by atoms with van der Waals surface area (Å²) in [6, 6.07) is 4.96. The molecule has 114 valence electrons. The van der Waals surface area contributed by atoms with Gasteiger partial charge in [-0.3, -0.25) is 0 Å². The molecule has 2 aromatic rings. The lowest BCUT2D eigenvalue weighted by molar-refractivity contribution is 0.262. The van der Waals surface area contributed by atoms with Crippen molar-refractivity contribution in [3.8, 4) is 5.75 Å². The quantitative estimate of drug-likeness (QED) is 0.786. The highest BCUT2D eigenvalue weighted by Crippen LogP contribution is 2.19. The molecule has 0 saturated carbocycles. The third-order valence-corrected chi connectivity index (χ3v) is 3.00. The van der Waals surface area contributed by atoms with Crippen LogP contribution < -0.4 is 10.1 Å². The standard InChI is InChI=1S/C16H19F2NO2/c1-3-4-19-9-16-11(2)5-15(21-16)10-20-14-7-12(17)6-13(18)8-14/h5-8,19H,3-4,9-10H2,1-2H3. The molecule has 0 atom stereocenters. The molecule has 1 aromatic heterocycles. The zero-order valence-corrected chi connectivity index (χ0v) is 12.2. The predicted molar refractivity (Wildman–Crippen MR) is 76.1 cm³/mol. The van der Waals surface area contributed by atoms with Gasteiger partial charge in [-0.1, -0.05) is 6.92 Å². The molecule has 0 aliphatic rings. The topological polar surface area (TPSA) is 34.4 Å². The molecule has 5 heteroatoms. The predicted octanol–water partition coefficient (Wildman–Crippen LogP) is 3.94. The van der Waals surface area contributed by atoms with Gasteiger partial charge in [-0.2, -0.15) is 0 Å². The Labute approximate surface area is 122 Å². The smallest absolute Gasteiger partial charge is 0.146 e. The average Bonchev–Trinajstić information content (AvgIpc) is 2.77. The number of nitrogens with one attached hydrogen (secondary N) is 1. The van der Waals surface area contributed by atoms with Crippen molar-refractivity contribution in [2.45, 2.75) is 33.4 Å². The van der Waals surface area contributed by atoms with Gasteiger partial charge in [0.05, 0.1) is 6.54 Å². The van der Waals surface area contributed by atoms with Crippen LogP contribution in [0.5, 0.6) is 5.75 Å². The number of benzene rings is 1. The van der Waals surface area contributed by atoms with E-state index >= 15 is 0 Å². The van der Waals surface area contributed by atoms with Crippen molar-refractivity contribution in [3.05, 3.63) is 53.0 Å². The van der Waals surface area contributed by atoms with Crippen LogP contribution in [-0.2, 0) is 13.2 Å². The molecule has 0 unspecified atom stereocenters. The summed E-state index contributed by atoms with van der Waals surface area (Å²) in [6.07, 6.45) is 1.06. The number of hydrogen-bond acceptors (Lipinski definition) is 3. The first-order valence-corrected chi connectivity index (χ1v) is 6.96. The Morgan fingerprint density at radius 3 is 2.52 bits per heavy atom. The van der Waals surface area contributed by atoms with Crippen molar-refractivity contribution in [2.24, 2.45) is 0 Å². The lowest BCUT2D eigenvalue weighted by Gasteiger charge is -2.04. The Morgan fingerprint density at radius 1 is 1.14 bits per heavy atom. The second-order valence-electron chi connectivity index (χ2n) is 4.89.